The molecule has 0 fully saturated rings. The molecule has 0 aliphatic rings. The second kappa shape index (κ2) is 21.4. The third kappa shape index (κ3) is 12.5. The molecule has 0 aromatic heterocycles. The Bertz CT molecular complexity index is 3910. The maximum absolute atomic E-state index is 12.1. The van der Waals surface area contributed by atoms with E-state index in [1.54, 1.807) is 24.3 Å². The first-order chi connectivity index (χ1) is 33.4. The zero-order valence-electron chi connectivity index (χ0n) is 36.5. The van der Waals surface area contributed by atoms with Crippen LogP contribution in [-0.4, -0.2) is 74.8 Å². The zero-order chi connectivity index (χ0) is 51.5. The summed E-state index contributed by atoms with van der Waals surface area (Å²) in [6, 6.07) is 35.9. The molecule has 8 aromatic carbocycles. The van der Waals surface area contributed by atoms with Crippen molar-refractivity contribution >= 4 is 107 Å². The van der Waals surface area contributed by atoms with E-state index in [1.807, 2.05) is 60.7 Å². The molecule has 0 unspecified atom stereocenters. The molecule has 0 radical (unpaired) electrons. The number of rotatable bonds is 13. The van der Waals surface area contributed by atoms with Crippen LogP contribution in [0.5, 0.6) is 23.0 Å². The minimum atomic E-state index is -4.90. The summed E-state index contributed by atoms with van der Waals surface area (Å²) in [7, 11) is -17.1. The van der Waals surface area contributed by atoms with Crippen LogP contribution in [0.3, 0.4) is 0 Å². The minimum Gasteiger partial charge on any atom is -0.506 e. The van der Waals surface area contributed by atoms with Gasteiger partial charge in [-0.15, -0.1) is 20.5 Å². The van der Waals surface area contributed by atoms with Crippen LogP contribution in [0.4, 0.5) is 45.5 Å². The van der Waals surface area contributed by atoms with Gasteiger partial charge in [0, 0.05) is 50.6 Å². The number of nitrogens with one attached hydrogen (secondary N) is 3. The fourth-order valence-corrected chi connectivity index (χ4v) is 9.21. The van der Waals surface area contributed by atoms with Gasteiger partial charge in [-0.3, -0.25) is 13.7 Å². The van der Waals surface area contributed by atoms with Gasteiger partial charge in [-0.05, 0) is 127 Å². The number of fused-ring (bicyclic) bond motifs is 2. The molecule has 22 nitrogen and oxygen atoms in total. The first-order valence-corrected chi connectivity index (χ1v) is 25.8. The average Bonchev–Trinajstić information content (AvgIpc) is 3.31. The zero-order valence-corrected chi connectivity index (χ0v) is 40.9. The maximum atomic E-state index is 12.1. The molecular weight excluding hydrogens is 1060 g/mol. The number of para-hydroxylation sites is 2. The van der Waals surface area contributed by atoms with E-state index in [4.69, 9.17) is 0 Å². The third-order valence-electron chi connectivity index (χ3n) is 10.1. The van der Waals surface area contributed by atoms with Gasteiger partial charge in [0.25, 0.3) is 30.4 Å². The van der Waals surface area contributed by atoms with Gasteiger partial charge >= 0.3 is 0 Å². The van der Waals surface area contributed by atoms with Crippen LogP contribution in [0.2, 0.25) is 0 Å². The summed E-state index contributed by atoms with van der Waals surface area (Å²) in [6.45, 7) is 0. The molecule has 0 atom stereocenters. The van der Waals surface area contributed by atoms with Crippen LogP contribution in [-0.2, 0) is 57.4 Å². The van der Waals surface area contributed by atoms with Crippen molar-refractivity contribution in [1.82, 2.24) is 4.72 Å². The number of phenolic OH excluding ortho intramolecular Hbond substituents is 4. The normalized spacial score (nSPS) is 12.1. The molecule has 72 heavy (non-hydrogen) atoms. The number of aromatic hydroxyl groups is 4. The topological polar surface area (TPSA) is 364 Å². The number of phenols is 4. The van der Waals surface area contributed by atoms with Gasteiger partial charge in [0.2, 0.25) is 10.0 Å². The fraction of sp³-hybridized carbons (Fsp3) is 0.0222. The molecule has 0 spiro atoms. The Balaban J connectivity index is 0.000000232. The van der Waals surface area contributed by atoms with E-state index in [1.165, 1.54) is 19.2 Å². The summed E-state index contributed by atoms with van der Waals surface area (Å²) in [5.74, 6) is -2.20. The molecule has 8 rings (SSSR count). The number of sulfonamides is 1. The van der Waals surface area contributed by atoms with Crippen LogP contribution >= 0.6 is 0 Å². The van der Waals surface area contributed by atoms with Gasteiger partial charge in [0.05, 0.1) is 9.79 Å². The summed E-state index contributed by atoms with van der Waals surface area (Å²) in [5, 5.41) is 63.5. The van der Waals surface area contributed by atoms with E-state index in [-0.39, 0.29) is 49.2 Å². The molecule has 0 aliphatic heterocycles. The van der Waals surface area contributed by atoms with Crippen LogP contribution in [0, 0.1) is 0 Å². The van der Waals surface area contributed by atoms with Crippen molar-refractivity contribution in [3.05, 3.63) is 146 Å². The summed E-state index contributed by atoms with van der Waals surface area (Å²) in [6.07, 6.45) is 0. The van der Waals surface area contributed by atoms with Crippen LogP contribution in [0.15, 0.2) is 186 Å². The average molecular weight is 1100 g/mol. The van der Waals surface area contributed by atoms with Crippen molar-refractivity contribution in [3.8, 4) is 23.0 Å². The number of azo groups is 2. The second-order valence-corrected chi connectivity index (χ2v) is 20.9. The second-order valence-electron chi connectivity index (χ2n) is 14.8. The Morgan fingerprint density at radius 3 is 1.18 bits per heavy atom. The SMILES string of the molecule is CNS(=O)(=O)c1ccc(O)c(N=Nc2c(S(=O)(=O)O)cc3cc(Nc4ccccc4)ccc3c2O)c1.O=S(=O)(O)c1ccc(O)c(N=Nc2c(S(=O)(=O)O)cc3cc(Nc4ccccc4)ccc3c2O)c1.[Fe]. The quantitative estimate of drug-likeness (QED) is 0.0292. The van der Waals surface area contributed by atoms with Crippen molar-refractivity contribution in [1.29, 1.82) is 0 Å². The molecule has 374 valence electrons. The Labute approximate surface area is 420 Å². The number of benzene rings is 8. The minimum absolute atomic E-state index is 0. The largest absolute Gasteiger partial charge is 0.506 e. The molecule has 0 heterocycles. The van der Waals surface area contributed by atoms with Crippen molar-refractivity contribution < 1.29 is 84.8 Å². The molecular formula is C45H37FeN7O15S4. The van der Waals surface area contributed by atoms with Gasteiger partial charge in [0.1, 0.15) is 44.0 Å². The molecule has 27 heteroatoms. The Morgan fingerprint density at radius 1 is 0.417 bits per heavy atom. The molecule has 0 amide bonds. The molecule has 10 N–H and O–H groups in total. The van der Waals surface area contributed by atoms with Gasteiger partial charge in [-0.1, -0.05) is 36.4 Å². The number of nitrogens with zero attached hydrogens (tertiary/aromatic N) is 4. The van der Waals surface area contributed by atoms with Crippen molar-refractivity contribution in [2.45, 2.75) is 19.6 Å². The summed E-state index contributed by atoms with van der Waals surface area (Å²) >= 11 is 0. The summed E-state index contributed by atoms with van der Waals surface area (Å²) < 4.78 is 126. The Hall–Kier alpha value is -7.56. The predicted octanol–water partition coefficient (Wildman–Crippen LogP) is 9.47. The molecule has 0 saturated carbocycles. The van der Waals surface area contributed by atoms with Crippen LogP contribution in [0.25, 0.3) is 21.5 Å². The smallest absolute Gasteiger partial charge is 0.296 e. The predicted molar refractivity (Wildman–Crippen MR) is 261 cm³/mol. The van der Waals surface area contributed by atoms with E-state index in [0.717, 1.165) is 59.9 Å². The Kier molecular flexibility index (Phi) is 16.0. The van der Waals surface area contributed by atoms with E-state index in [2.05, 4.69) is 35.8 Å². The van der Waals surface area contributed by atoms with Gasteiger partial charge < -0.3 is 31.1 Å². The standard InChI is InChI=1S/C23H20N4O7S2.C22H17N3O8S2.Fe/c1-24-35(30,31)17-8-10-20(28)19(13-17)26-27-22-21(36(32,33)34)12-14-11-16(7-9-18(14)23(22)29)25-15-5-3-2-4-6-15;26-19-9-7-16(34(28,29)30)12-18(19)24-25-21-20(35(31,32)33)11-13-10-15(6-8-17(13)22(21)27)23-14-4-2-1-3-5-14;/h2-13,24-25,28-29H,1H3,(H,32,33,34);1-12,23,26-27H,(H,28,29,30)(H,31,32,33);. The number of hydrogen-bond acceptors (Lipinski definition) is 18. The van der Waals surface area contributed by atoms with Gasteiger partial charge in [-0.2, -0.15) is 25.3 Å². The maximum Gasteiger partial charge on any atom is 0.296 e. The number of hydrogen-bond donors (Lipinski definition) is 10. The van der Waals surface area contributed by atoms with E-state index >= 15 is 0 Å². The molecule has 0 bridgehead atoms. The van der Waals surface area contributed by atoms with Crippen LogP contribution < -0.4 is 15.4 Å². The molecule has 0 aliphatic carbocycles. The molecule has 8 aromatic rings. The van der Waals surface area contributed by atoms with Crippen LogP contribution in [0.1, 0.15) is 0 Å². The monoisotopic (exact) mass is 1100 g/mol. The van der Waals surface area contributed by atoms with Gasteiger partial charge in [0.15, 0.2) is 11.5 Å². The summed E-state index contributed by atoms with van der Waals surface area (Å²) in [4.78, 5) is -2.33. The summed E-state index contributed by atoms with van der Waals surface area (Å²) in [5.41, 5.74) is 0.738. The van der Waals surface area contributed by atoms with Crippen molar-refractivity contribution in [3.63, 3.8) is 0 Å². The van der Waals surface area contributed by atoms with E-state index in [0.29, 0.717) is 11.4 Å². The van der Waals surface area contributed by atoms with Crippen molar-refractivity contribution in [2.24, 2.45) is 20.5 Å². The third-order valence-corrected chi connectivity index (χ3v) is 14.1. The van der Waals surface area contributed by atoms with E-state index in [9.17, 15) is 67.8 Å². The van der Waals surface area contributed by atoms with E-state index < -0.39 is 95.1 Å². The molecule has 0 saturated heterocycles. The Morgan fingerprint density at radius 2 is 0.806 bits per heavy atom. The first-order valence-electron chi connectivity index (χ1n) is 20.0. The number of anilines is 4. The fourth-order valence-electron chi connectivity index (χ4n) is 6.64. The van der Waals surface area contributed by atoms with Gasteiger partial charge in [-0.25, -0.2) is 13.1 Å². The first kappa shape index (κ1) is 53.8. The van der Waals surface area contributed by atoms with Crippen molar-refractivity contribution in [2.75, 3.05) is 17.7 Å².